The summed E-state index contributed by atoms with van der Waals surface area (Å²) in [5, 5.41) is 20.4. The number of ether oxygens (including phenoxy) is 1. The maximum Gasteiger partial charge on any atom is 0.273 e. The second-order valence-corrected chi connectivity index (χ2v) is 4.60. The molecule has 0 saturated heterocycles. The number of rotatable bonds is 4. The lowest BCUT2D eigenvalue weighted by atomic mass is 10.2. The molecule has 20 heavy (non-hydrogen) atoms. The van der Waals surface area contributed by atoms with Gasteiger partial charge in [-0.05, 0) is 24.6 Å². The Bertz CT molecular complexity index is 658. The number of para-hydroxylation sites is 1. The van der Waals surface area contributed by atoms with Crippen LogP contribution in [0.2, 0.25) is 5.02 Å². The second-order valence-electron chi connectivity index (χ2n) is 4.20. The van der Waals surface area contributed by atoms with Crippen molar-refractivity contribution in [2.24, 2.45) is 0 Å². The van der Waals surface area contributed by atoms with Crippen LogP contribution >= 0.6 is 11.6 Å². The monoisotopic (exact) mass is 293 g/mol. The van der Waals surface area contributed by atoms with Gasteiger partial charge in [-0.3, -0.25) is 10.1 Å². The molecule has 0 unspecified atom stereocenters. The van der Waals surface area contributed by atoms with E-state index in [0.717, 1.165) is 5.56 Å². The summed E-state index contributed by atoms with van der Waals surface area (Å²) in [6.07, 6.45) is 0. The Kier molecular flexibility index (Phi) is 4.22. The lowest BCUT2D eigenvalue weighted by Gasteiger charge is -2.13. The molecule has 0 spiro atoms. The van der Waals surface area contributed by atoms with Crippen LogP contribution in [0.25, 0.3) is 0 Å². The maximum atomic E-state index is 10.8. The number of nitro groups is 1. The SMILES string of the molecule is Cc1ccc([N+](=O)[O-])cc1Oc1c(Cl)cccc1CO. The molecule has 0 aromatic heterocycles. The maximum absolute atomic E-state index is 10.8. The first-order valence-corrected chi connectivity index (χ1v) is 6.22. The van der Waals surface area contributed by atoms with Crippen LogP contribution in [0.5, 0.6) is 11.5 Å². The predicted molar refractivity (Wildman–Crippen MR) is 75.3 cm³/mol. The summed E-state index contributed by atoms with van der Waals surface area (Å²) >= 11 is 6.04. The molecule has 0 bridgehead atoms. The Morgan fingerprint density at radius 3 is 2.75 bits per heavy atom. The van der Waals surface area contributed by atoms with Crippen molar-refractivity contribution in [3.05, 3.63) is 62.7 Å². The third kappa shape index (κ3) is 2.89. The molecule has 0 amide bonds. The molecule has 0 aliphatic carbocycles. The number of halogens is 1. The van der Waals surface area contributed by atoms with Gasteiger partial charge >= 0.3 is 0 Å². The first kappa shape index (κ1) is 14.3. The molecular weight excluding hydrogens is 282 g/mol. The van der Waals surface area contributed by atoms with Crippen LogP contribution < -0.4 is 4.74 Å². The lowest BCUT2D eigenvalue weighted by molar-refractivity contribution is -0.384. The van der Waals surface area contributed by atoms with E-state index in [1.165, 1.54) is 12.1 Å². The van der Waals surface area contributed by atoms with Gasteiger partial charge in [0, 0.05) is 11.6 Å². The number of aliphatic hydroxyl groups is 1. The highest BCUT2D eigenvalue weighted by Gasteiger charge is 2.14. The van der Waals surface area contributed by atoms with E-state index in [2.05, 4.69) is 0 Å². The van der Waals surface area contributed by atoms with Crippen LogP contribution in [-0.4, -0.2) is 10.0 Å². The van der Waals surface area contributed by atoms with E-state index in [4.69, 9.17) is 16.3 Å². The van der Waals surface area contributed by atoms with Crippen molar-refractivity contribution in [2.75, 3.05) is 0 Å². The highest BCUT2D eigenvalue weighted by Crippen LogP contribution is 2.35. The molecular formula is C14H12ClNO4. The van der Waals surface area contributed by atoms with E-state index in [1.54, 1.807) is 31.2 Å². The van der Waals surface area contributed by atoms with Gasteiger partial charge in [-0.2, -0.15) is 0 Å². The van der Waals surface area contributed by atoms with Crippen LogP contribution in [0.1, 0.15) is 11.1 Å². The summed E-state index contributed by atoms with van der Waals surface area (Å²) in [6, 6.07) is 9.34. The average Bonchev–Trinajstić information content (AvgIpc) is 2.42. The van der Waals surface area contributed by atoms with Crippen molar-refractivity contribution >= 4 is 17.3 Å². The molecule has 0 aliphatic heterocycles. The molecule has 2 aromatic rings. The number of hydrogen-bond acceptors (Lipinski definition) is 4. The zero-order valence-corrected chi connectivity index (χ0v) is 11.4. The molecule has 0 heterocycles. The van der Waals surface area contributed by atoms with Crippen molar-refractivity contribution in [3.8, 4) is 11.5 Å². The largest absolute Gasteiger partial charge is 0.455 e. The van der Waals surface area contributed by atoms with Gasteiger partial charge in [-0.15, -0.1) is 0 Å². The number of nitro benzene ring substituents is 1. The lowest BCUT2D eigenvalue weighted by Crippen LogP contribution is -1.96. The van der Waals surface area contributed by atoms with E-state index in [9.17, 15) is 15.2 Å². The van der Waals surface area contributed by atoms with Gasteiger partial charge in [0.1, 0.15) is 5.75 Å². The van der Waals surface area contributed by atoms with Crippen LogP contribution in [0, 0.1) is 17.0 Å². The summed E-state index contributed by atoms with van der Waals surface area (Å²) in [6.45, 7) is 1.54. The van der Waals surface area contributed by atoms with E-state index < -0.39 is 4.92 Å². The van der Waals surface area contributed by atoms with Gasteiger partial charge in [0.05, 0.1) is 22.6 Å². The molecule has 2 aromatic carbocycles. The molecule has 0 radical (unpaired) electrons. The minimum absolute atomic E-state index is 0.0665. The molecule has 0 fully saturated rings. The minimum Gasteiger partial charge on any atom is -0.455 e. The highest BCUT2D eigenvalue weighted by molar-refractivity contribution is 6.32. The number of hydrogen-bond donors (Lipinski definition) is 1. The number of aliphatic hydroxyl groups excluding tert-OH is 1. The third-order valence-electron chi connectivity index (χ3n) is 2.81. The Balaban J connectivity index is 2.44. The number of aryl methyl sites for hydroxylation is 1. The second kappa shape index (κ2) is 5.90. The summed E-state index contributed by atoms with van der Waals surface area (Å²) in [5.41, 5.74) is 1.19. The molecule has 0 saturated carbocycles. The topological polar surface area (TPSA) is 72.6 Å². The molecule has 5 nitrogen and oxygen atoms in total. The van der Waals surface area contributed by atoms with Gasteiger partial charge < -0.3 is 9.84 Å². The van der Waals surface area contributed by atoms with Crippen LogP contribution in [0.4, 0.5) is 5.69 Å². The van der Waals surface area contributed by atoms with Crippen molar-refractivity contribution in [1.82, 2.24) is 0 Å². The van der Waals surface area contributed by atoms with E-state index in [1.807, 2.05) is 0 Å². The fourth-order valence-electron chi connectivity index (χ4n) is 1.71. The number of non-ortho nitro benzene ring substituents is 1. The Morgan fingerprint density at radius 2 is 2.10 bits per heavy atom. The number of nitrogens with zero attached hydrogens (tertiary/aromatic N) is 1. The van der Waals surface area contributed by atoms with Gasteiger partial charge in [-0.1, -0.05) is 23.7 Å². The van der Waals surface area contributed by atoms with Crippen molar-refractivity contribution in [1.29, 1.82) is 0 Å². The summed E-state index contributed by atoms with van der Waals surface area (Å²) < 4.78 is 5.66. The first-order valence-electron chi connectivity index (χ1n) is 5.84. The minimum atomic E-state index is -0.494. The Hall–Kier alpha value is -2.11. The van der Waals surface area contributed by atoms with E-state index >= 15 is 0 Å². The number of benzene rings is 2. The van der Waals surface area contributed by atoms with E-state index in [-0.39, 0.29) is 12.3 Å². The van der Waals surface area contributed by atoms with Crippen LogP contribution in [-0.2, 0) is 6.61 Å². The van der Waals surface area contributed by atoms with Gasteiger partial charge in [0.25, 0.3) is 5.69 Å². The molecule has 0 atom stereocenters. The summed E-state index contributed by atoms with van der Waals surface area (Å²) in [7, 11) is 0. The summed E-state index contributed by atoms with van der Waals surface area (Å²) in [4.78, 5) is 10.3. The van der Waals surface area contributed by atoms with Gasteiger partial charge in [0.2, 0.25) is 0 Å². The van der Waals surface area contributed by atoms with Crippen molar-refractivity contribution in [3.63, 3.8) is 0 Å². The van der Waals surface area contributed by atoms with Crippen LogP contribution in [0.3, 0.4) is 0 Å². The average molecular weight is 294 g/mol. The molecule has 2 rings (SSSR count). The highest BCUT2D eigenvalue weighted by atomic mass is 35.5. The van der Waals surface area contributed by atoms with Crippen LogP contribution in [0.15, 0.2) is 36.4 Å². The van der Waals surface area contributed by atoms with E-state index in [0.29, 0.717) is 22.1 Å². The zero-order chi connectivity index (χ0) is 14.7. The summed E-state index contributed by atoms with van der Waals surface area (Å²) in [5.74, 6) is 0.641. The quantitative estimate of drug-likeness (QED) is 0.686. The molecule has 104 valence electrons. The Morgan fingerprint density at radius 1 is 1.35 bits per heavy atom. The standard InChI is InChI=1S/C14H12ClNO4/c1-9-5-6-11(16(18)19)7-13(9)20-14-10(8-17)3-2-4-12(14)15/h2-7,17H,8H2,1H3. The third-order valence-corrected chi connectivity index (χ3v) is 3.11. The van der Waals surface area contributed by atoms with Crippen molar-refractivity contribution in [2.45, 2.75) is 13.5 Å². The molecule has 0 aliphatic rings. The fourth-order valence-corrected chi connectivity index (χ4v) is 1.95. The van der Waals surface area contributed by atoms with Crippen molar-refractivity contribution < 1.29 is 14.8 Å². The Labute approximate surface area is 120 Å². The predicted octanol–water partition coefficient (Wildman–Crippen LogP) is 3.84. The van der Waals surface area contributed by atoms with Gasteiger partial charge in [-0.25, -0.2) is 0 Å². The van der Waals surface area contributed by atoms with Gasteiger partial charge in [0.15, 0.2) is 5.75 Å². The molecule has 1 N–H and O–H groups in total. The smallest absolute Gasteiger partial charge is 0.273 e. The normalized spacial score (nSPS) is 10.3. The first-order chi connectivity index (χ1) is 9.52. The molecule has 6 heteroatoms. The zero-order valence-electron chi connectivity index (χ0n) is 10.7. The fraction of sp³-hybridized carbons (Fsp3) is 0.143.